The van der Waals surface area contributed by atoms with E-state index in [-0.39, 0.29) is 5.91 Å². The molecule has 0 spiro atoms. The summed E-state index contributed by atoms with van der Waals surface area (Å²) in [6.07, 6.45) is 2.19. The summed E-state index contributed by atoms with van der Waals surface area (Å²) in [5.41, 5.74) is 6.76. The van der Waals surface area contributed by atoms with E-state index in [4.69, 9.17) is 10.5 Å². The number of nitrogen functional groups attached to an aromatic ring is 1. The van der Waals surface area contributed by atoms with Crippen LogP contribution < -0.4 is 15.8 Å². The van der Waals surface area contributed by atoms with Crippen LogP contribution in [0.4, 0.5) is 5.69 Å². The van der Waals surface area contributed by atoms with Crippen LogP contribution in [0.3, 0.4) is 0 Å². The molecule has 0 saturated heterocycles. The molecule has 1 fully saturated rings. The normalized spacial score (nSPS) is 22.0. The van der Waals surface area contributed by atoms with Crippen molar-refractivity contribution in [2.24, 2.45) is 5.92 Å². The molecule has 1 amide bonds. The Morgan fingerprint density at radius 3 is 2.94 bits per heavy atom. The summed E-state index contributed by atoms with van der Waals surface area (Å²) < 4.78 is 5.16. The number of carbonyl (C=O) groups excluding carboxylic acids is 1. The Balaban J connectivity index is 2.10. The van der Waals surface area contributed by atoms with Crippen molar-refractivity contribution in [3.05, 3.63) is 23.8 Å². The SMILES string of the molecule is CCC1CC1NC(=O)c1cc(N)ccc1OC. The number of amides is 1. The van der Waals surface area contributed by atoms with Gasteiger partial charge in [0.1, 0.15) is 5.75 Å². The van der Waals surface area contributed by atoms with Crippen LogP contribution in [-0.4, -0.2) is 19.1 Å². The Hall–Kier alpha value is -1.71. The Bertz CT molecular complexity index is 431. The molecule has 1 saturated carbocycles. The molecular weight excluding hydrogens is 216 g/mol. The van der Waals surface area contributed by atoms with E-state index >= 15 is 0 Å². The molecule has 0 aliphatic heterocycles. The van der Waals surface area contributed by atoms with Gasteiger partial charge in [-0.05, 0) is 30.5 Å². The van der Waals surface area contributed by atoms with Gasteiger partial charge in [-0.25, -0.2) is 0 Å². The van der Waals surface area contributed by atoms with Crippen LogP contribution in [0.15, 0.2) is 18.2 Å². The van der Waals surface area contributed by atoms with Crippen molar-refractivity contribution in [2.75, 3.05) is 12.8 Å². The highest BCUT2D eigenvalue weighted by Crippen LogP contribution is 2.33. The standard InChI is InChI=1S/C13H18N2O2/c1-3-8-6-11(8)15-13(16)10-7-9(14)4-5-12(10)17-2/h4-5,7-8,11H,3,6,14H2,1-2H3,(H,15,16). The van der Waals surface area contributed by atoms with Crippen molar-refractivity contribution in [3.8, 4) is 5.75 Å². The lowest BCUT2D eigenvalue weighted by Crippen LogP contribution is -2.27. The molecule has 92 valence electrons. The predicted octanol–water partition coefficient (Wildman–Crippen LogP) is 1.81. The molecule has 2 rings (SSSR count). The van der Waals surface area contributed by atoms with Crippen LogP contribution in [0.5, 0.6) is 5.75 Å². The van der Waals surface area contributed by atoms with Gasteiger partial charge in [0.15, 0.2) is 0 Å². The molecule has 4 nitrogen and oxygen atoms in total. The van der Waals surface area contributed by atoms with E-state index in [9.17, 15) is 4.79 Å². The van der Waals surface area contributed by atoms with Crippen LogP contribution in [0.1, 0.15) is 30.1 Å². The monoisotopic (exact) mass is 234 g/mol. The van der Waals surface area contributed by atoms with Crippen LogP contribution in [0.2, 0.25) is 0 Å². The lowest BCUT2D eigenvalue weighted by molar-refractivity contribution is 0.0946. The smallest absolute Gasteiger partial charge is 0.255 e. The van der Waals surface area contributed by atoms with Gasteiger partial charge in [-0.15, -0.1) is 0 Å². The predicted molar refractivity (Wildman–Crippen MR) is 67.1 cm³/mol. The fraction of sp³-hybridized carbons (Fsp3) is 0.462. The average molecular weight is 234 g/mol. The molecule has 2 atom stereocenters. The maximum Gasteiger partial charge on any atom is 0.255 e. The summed E-state index contributed by atoms with van der Waals surface area (Å²) in [4.78, 5) is 12.0. The molecular formula is C13H18N2O2. The van der Waals surface area contributed by atoms with Gasteiger partial charge >= 0.3 is 0 Å². The Kier molecular flexibility index (Phi) is 3.22. The number of rotatable bonds is 4. The fourth-order valence-electron chi connectivity index (χ4n) is 2.02. The third-order valence-electron chi connectivity index (χ3n) is 3.23. The molecule has 0 bridgehead atoms. The minimum absolute atomic E-state index is 0.102. The van der Waals surface area contributed by atoms with Crippen LogP contribution in [0.25, 0.3) is 0 Å². The zero-order valence-electron chi connectivity index (χ0n) is 10.2. The van der Waals surface area contributed by atoms with Crippen LogP contribution in [-0.2, 0) is 0 Å². The lowest BCUT2D eigenvalue weighted by atomic mass is 10.1. The fourth-order valence-corrected chi connectivity index (χ4v) is 2.02. The quantitative estimate of drug-likeness (QED) is 0.781. The topological polar surface area (TPSA) is 64.4 Å². The van der Waals surface area contributed by atoms with E-state index in [0.717, 1.165) is 12.8 Å². The molecule has 17 heavy (non-hydrogen) atoms. The molecule has 3 N–H and O–H groups in total. The van der Waals surface area contributed by atoms with E-state index in [2.05, 4.69) is 12.2 Å². The molecule has 4 heteroatoms. The summed E-state index contributed by atoms with van der Waals surface area (Å²) in [7, 11) is 1.55. The maximum absolute atomic E-state index is 12.0. The Morgan fingerprint density at radius 1 is 1.59 bits per heavy atom. The molecule has 0 heterocycles. The van der Waals surface area contributed by atoms with Crippen molar-refractivity contribution in [1.29, 1.82) is 0 Å². The second kappa shape index (κ2) is 4.65. The van der Waals surface area contributed by atoms with E-state index in [1.807, 2.05) is 0 Å². The third kappa shape index (κ3) is 2.52. The zero-order valence-corrected chi connectivity index (χ0v) is 10.2. The first-order chi connectivity index (χ1) is 8.15. The first kappa shape index (κ1) is 11.8. The van der Waals surface area contributed by atoms with Crippen LogP contribution in [0, 0.1) is 5.92 Å². The third-order valence-corrected chi connectivity index (χ3v) is 3.23. The lowest BCUT2D eigenvalue weighted by Gasteiger charge is -2.09. The number of anilines is 1. The summed E-state index contributed by atoms with van der Waals surface area (Å²) in [6.45, 7) is 2.14. The Labute approximate surface area is 101 Å². The average Bonchev–Trinajstić information content (AvgIpc) is 3.07. The van der Waals surface area contributed by atoms with Gasteiger partial charge in [0.25, 0.3) is 5.91 Å². The van der Waals surface area contributed by atoms with Gasteiger partial charge in [0.2, 0.25) is 0 Å². The minimum atomic E-state index is -0.102. The van der Waals surface area contributed by atoms with Gasteiger partial charge in [-0.3, -0.25) is 4.79 Å². The number of ether oxygens (including phenoxy) is 1. The molecule has 1 aliphatic rings. The summed E-state index contributed by atoms with van der Waals surface area (Å²) in [6, 6.07) is 5.41. The molecule has 0 aromatic heterocycles. The van der Waals surface area contributed by atoms with Crippen molar-refractivity contribution >= 4 is 11.6 Å². The Morgan fingerprint density at radius 2 is 2.35 bits per heavy atom. The molecule has 1 aromatic carbocycles. The summed E-state index contributed by atoms with van der Waals surface area (Å²) in [5, 5.41) is 3.00. The molecule has 2 unspecified atom stereocenters. The van der Waals surface area contributed by atoms with Gasteiger partial charge in [0.05, 0.1) is 12.7 Å². The molecule has 1 aliphatic carbocycles. The first-order valence-electron chi connectivity index (χ1n) is 5.90. The molecule has 0 radical (unpaired) electrons. The zero-order chi connectivity index (χ0) is 12.4. The van der Waals surface area contributed by atoms with E-state index < -0.39 is 0 Å². The van der Waals surface area contributed by atoms with E-state index in [0.29, 0.717) is 29.0 Å². The van der Waals surface area contributed by atoms with Gasteiger partial charge in [-0.1, -0.05) is 13.3 Å². The van der Waals surface area contributed by atoms with E-state index in [1.165, 1.54) is 0 Å². The van der Waals surface area contributed by atoms with E-state index in [1.54, 1.807) is 25.3 Å². The number of nitrogens with two attached hydrogens (primary N) is 1. The van der Waals surface area contributed by atoms with Gasteiger partial charge in [-0.2, -0.15) is 0 Å². The van der Waals surface area contributed by atoms with Crippen molar-refractivity contribution < 1.29 is 9.53 Å². The van der Waals surface area contributed by atoms with Crippen molar-refractivity contribution in [1.82, 2.24) is 5.32 Å². The second-order valence-corrected chi connectivity index (χ2v) is 4.44. The molecule has 1 aromatic rings. The summed E-state index contributed by atoms with van der Waals surface area (Å²) >= 11 is 0. The van der Waals surface area contributed by atoms with Crippen molar-refractivity contribution in [2.45, 2.75) is 25.8 Å². The second-order valence-electron chi connectivity index (χ2n) is 4.44. The number of nitrogens with one attached hydrogen (secondary N) is 1. The maximum atomic E-state index is 12.0. The highest BCUT2D eigenvalue weighted by Gasteiger charge is 2.36. The number of carbonyl (C=O) groups is 1. The van der Waals surface area contributed by atoms with Gasteiger partial charge in [0, 0.05) is 11.7 Å². The number of hydrogen-bond acceptors (Lipinski definition) is 3. The highest BCUT2D eigenvalue weighted by atomic mass is 16.5. The number of methoxy groups -OCH3 is 1. The summed E-state index contributed by atoms with van der Waals surface area (Å²) in [5.74, 6) is 1.09. The van der Waals surface area contributed by atoms with Crippen LogP contribution >= 0.6 is 0 Å². The number of benzene rings is 1. The van der Waals surface area contributed by atoms with Crippen molar-refractivity contribution in [3.63, 3.8) is 0 Å². The largest absolute Gasteiger partial charge is 0.496 e. The first-order valence-corrected chi connectivity index (χ1v) is 5.90. The number of hydrogen-bond donors (Lipinski definition) is 2. The highest BCUT2D eigenvalue weighted by molar-refractivity contribution is 5.98. The van der Waals surface area contributed by atoms with Gasteiger partial charge < -0.3 is 15.8 Å². The minimum Gasteiger partial charge on any atom is -0.496 e.